The van der Waals surface area contributed by atoms with E-state index in [0.29, 0.717) is 0 Å². The molecule has 2 aromatic rings. The fraction of sp³-hybridized carbons (Fsp3) is 0.200. The maximum absolute atomic E-state index is 4.08. The molecule has 0 bridgehead atoms. The molecule has 2 heterocycles. The fourth-order valence-electron chi connectivity index (χ4n) is 1.30. The highest BCUT2D eigenvalue weighted by atomic mass is 79.9. The molecule has 0 aliphatic rings. The number of H-pyrrole nitrogens is 1. The van der Waals surface area contributed by atoms with E-state index < -0.39 is 0 Å². The summed E-state index contributed by atoms with van der Waals surface area (Å²) in [4.78, 5) is 11.2. The van der Waals surface area contributed by atoms with Crippen LogP contribution in [0, 0.1) is 0 Å². The maximum Gasteiger partial charge on any atom is 0.127 e. The standard InChI is InChI=1S/C10H10BrN3/c11-10-9(13-7-14-10)2-1-8-3-5-12-6-4-8/h3-7H,1-2H2,(H,13,14). The molecule has 2 aromatic heterocycles. The normalized spacial score (nSPS) is 10.4. The van der Waals surface area contributed by atoms with Gasteiger partial charge in [0, 0.05) is 18.1 Å². The molecule has 0 atom stereocenters. The molecule has 0 radical (unpaired) electrons. The number of aromatic amines is 1. The largest absolute Gasteiger partial charge is 0.348 e. The van der Waals surface area contributed by atoms with Crippen LogP contribution >= 0.6 is 15.9 Å². The van der Waals surface area contributed by atoms with Crippen LogP contribution in [0.1, 0.15) is 11.3 Å². The van der Waals surface area contributed by atoms with Crippen molar-refractivity contribution in [2.75, 3.05) is 0 Å². The molecular weight excluding hydrogens is 242 g/mol. The smallest absolute Gasteiger partial charge is 0.127 e. The van der Waals surface area contributed by atoms with Gasteiger partial charge in [-0.1, -0.05) is 0 Å². The van der Waals surface area contributed by atoms with E-state index in [4.69, 9.17) is 0 Å². The van der Waals surface area contributed by atoms with Gasteiger partial charge < -0.3 is 4.98 Å². The van der Waals surface area contributed by atoms with E-state index in [1.165, 1.54) is 5.56 Å². The number of aromatic nitrogens is 3. The molecule has 72 valence electrons. The van der Waals surface area contributed by atoms with Crippen molar-refractivity contribution < 1.29 is 0 Å². The van der Waals surface area contributed by atoms with E-state index in [-0.39, 0.29) is 0 Å². The van der Waals surface area contributed by atoms with E-state index >= 15 is 0 Å². The summed E-state index contributed by atoms with van der Waals surface area (Å²) in [7, 11) is 0. The van der Waals surface area contributed by atoms with Crippen molar-refractivity contribution in [1.82, 2.24) is 15.0 Å². The number of aryl methyl sites for hydroxylation is 2. The van der Waals surface area contributed by atoms with Gasteiger partial charge >= 0.3 is 0 Å². The molecule has 0 unspecified atom stereocenters. The summed E-state index contributed by atoms with van der Waals surface area (Å²) in [6.45, 7) is 0. The Kier molecular flexibility index (Phi) is 2.93. The van der Waals surface area contributed by atoms with Gasteiger partial charge in [0.15, 0.2) is 0 Å². The van der Waals surface area contributed by atoms with E-state index in [2.05, 4.69) is 30.9 Å². The molecule has 3 nitrogen and oxygen atoms in total. The molecule has 0 saturated heterocycles. The molecule has 0 spiro atoms. The van der Waals surface area contributed by atoms with E-state index in [1.54, 1.807) is 6.33 Å². The van der Waals surface area contributed by atoms with E-state index in [1.807, 2.05) is 24.5 Å². The molecule has 4 heteroatoms. The Morgan fingerprint density at radius 1 is 1.21 bits per heavy atom. The molecule has 0 aliphatic heterocycles. The van der Waals surface area contributed by atoms with Gasteiger partial charge in [0.1, 0.15) is 4.60 Å². The predicted molar refractivity (Wildman–Crippen MR) is 57.9 cm³/mol. The van der Waals surface area contributed by atoms with Gasteiger partial charge in [0.25, 0.3) is 0 Å². The van der Waals surface area contributed by atoms with Crippen LogP contribution in [0.4, 0.5) is 0 Å². The number of hydrogen-bond acceptors (Lipinski definition) is 2. The fourth-order valence-corrected chi connectivity index (χ4v) is 1.71. The minimum Gasteiger partial charge on any atom is -0.348 e. The van der Waals surface area contributed by atoms with Crippen molar-refractivity contribution in [2.45, 2.75) is 12.8 Å². The lowest BCUT2D eigenvalue weighted by Crippen LogP contribution is -1.92. The number of nitrogens with one attached hydrogen (secondary N) is 1. The second-order valence-corrected chi connectivity index (χ2v) is 3.78. The zero-order valence-electron chi connectivity index (χ0n) is 7.57. The van der Waals surface area contributed by atoms with Crippen molar-refractivity contribution in [1.29, 1.82) is 0 Å². The van der Waals surface area contributed by atoms with E-state index in [9.17, 15) is 0 Å². The third-order valence-corrected chi connectivity index (χ3v) is 2.76. The first-order valence-corrected chi connectivity index (χ1v) is 5.22. The molecule has 1 N–H and O–H groups in total. The first-order chi connectivity index (χ1) is 6.86. The highest BCUT2D eigenvalue weighted by Crippen LogP contribution is 2.13. The summed E-state index contributed by atoms with van der Waals surface area (Å²) < 4.78 is 0.909. The summed E-state index contributed by atoms with van der Waals surface area (Å²) in [5.74, 6) is 0. The summed E-state index contributed by atoms with van der Waals surface area (Å²) in [6.07, 6.45) is 7.30. The quantitative estimate of drug-likeness (QED) is 0.910. The first-order valence-electron chi connectivity index (χ1n) is 4.43. The lowest BCUT2D eigenvalue weighted by Gasteiger charge is -1.99. The molecule has 0 amide bonds. The highest BCUT2D eigenvalue weighted by Gasteiger charge is 2.01. The van der Waals surface area contributed by atoms with Crippen LogP contribution in [0.3, 0.4) is 0 Å². The Labute approximate surface area is 90.7 Å². The van der Waals surface area contributed by atoms with Crippen LogP contribution in [0.25, 0.3) is 0 Å². The third kappa shape index (κ3) is 2.20. The minimum atomic E-state index is 0.909. The van der Waals surface area contributed by atoms with Crippen LogP contribution in [0.2, 0.25) is 0 Å². The van der Waals surface area contributed by atoms with Gasteiger partial charge in [0.2, 0.25) is 0 Å². The SMILES string of the molecule is Brc1nc[nH]c1CCc1ccncc1. The summed E-state index contributed by atoms with van der Waals surface area (Å²) >= 11 is 3.39. The van der Waals surface area contributed by atoms with Crippen LogP contribution in [0.5, 0.6) is 0 Å². The zero-order valence-corrected chi connectivity index (χ0v) is 9.16. The maximum atomic E-state index is 4.08. The van der Waals surface area contributed by atoms with Crippen molar-refractivity contribution in [3.8, 4) is 0 Å². The van der Waals surface area contributed by atoms with Crippen molar-refractivity contribution in [3.63, 3.8) is 0 Å². The lowest BCUT2D eigenvalue weighted by atomic mass is 10.1. The zero-order chi connectivity index (χ0) is 9.80. The monoisotopic (exact) mass is 251 g/mol. The highest BCUT2D eigenvalue weighted by molar-refractivity contribution is 9.10. The van der Waals surface area contributed by atoms with Crippen molar-refractivity contribution >= 4 is 15.9 Å². The Morgan fingerprint density at radius 2 is 2.00 bits per heavy atom. The second kappa shape index (κ2) is 4.37. The average Bonchev–Trinajstić information content (AvgIpc) is 2.63. The van der Waals surface area contributed by atoms with Gasteiger partial charge in [-0.3, -0.25) is 4.98 Å². The van der Waals surface area contributed by atoms with Gasteiger partial charge in [-0.05, 0) is 46.5 Å². The average molecular weight is 252 g/mol. The Balaban J connectivity index is 1.99. The Bertz CT molecular complexity index is 397. The molecule has 0 saturated carbocycles. The van der Waals surface area contributed by atoms with Gasteiger partial charge in [-0.25, -0.2) is 4.98 Å². The minimum absolute atomic E-state index is 0.909. The number of nitrogens with zero attached hydrogens (tertiary/aromatic N) is 2. The summed E-state index contributed by atoms with van der Waals surface area (Å²) in [6, 6.07) is 4.06. The Morgan fingerprint density at radius 3 is 2.64 bits per heavy atom. The Hall–Kier alpha value is -1.16. The topological polar surface area (TPSA) is 41.6 Å². The second-order valence-electron chi connectivity index (χ2n) is 3.03. The predicted octanol–water partition coefficient (Wildman–Crippen LogP) is 2.35. The van der Waals surface area contributed by atoms with Crippen LogP contribution < -0.4 is 0 Å². The molecule has 0 fully saturated rings. The molecule has 14 heavy (non-hydrogen) atoms. The molecule has 0 aromatic carbocycles. The first kappa shape index (κ1) is 9.40. The number of hydrogen-bond donors (Lipinski definition) is 1. The van der Waals surface area contributed by atoms with Gasteiger partial charge in [-0.15, -0.1) is 0 Å². The molecular formula is C10H10BrN3. The van der Waals surface area contributed by atoms with E-state index in [0.717, 1.165) is 23.1 Å². The molecule has 2 rings (SSSR count). The number of rotatable bonds is 3. The van der Waals surface area contributed by atoms with Crippen LogP contribution in [-0.4, -0.2) is 15.0 Å². The lowest BCUT2D eigenvalue weighted by molar-refractivity contribution is 0.916. The van der Waals surface area contributed by atoms with Crippen molar-refractivity contribution in [3.05, 3.63) is 46.7 Å². The van der Waals surface area contributed by atoms with Crippen molar-refractivity contribution in [2.24, 2.45) is 0 Å². The summed E-state index contributed by atoms with van der Waals surface area (Å²) in [5, 5.41) is 0. The summed E-state index contributed by atoms with van der Waals surface area (Å²) in [5.41, 5.74) is 2.43. The number of pyridine rings is 1. The number of halogens is 1. The van der Waals surface area contributed by atoms with Crippen LogP contribution in [0.15, 0.2) is 35.5 Å². The van der Waals surface area contributed by atoms with Crippen LogP contribution in [-0.2, 0) is 12.8 Å². The molecule has 0 aliphatic carbocycles. The number of imidazole rings is 1. The van der Waals surface area contributed by atoms with Gasteiger partial charge in [-0.2, -0.15) is 0 Å². The third-order valence-electron chi connectivity index (χ3n) is 2.08. The van der Waals surface area contributed by atoms with Gasteiger partial charge in [0.05, 0.1) is 6.33 Å².